The van der Waals surface area contributed by atoms with Crippen LogP contribution in [0, 0.1) is 28.6 Å². The van der Waals surface area contributed by atoms with Crippen molar-refractivity contribution in [3.05, 3.63) is 11.6 Å². The topological polar surface area (TPSA) is 83.5 Å². The molecule has 2 heterocycles. The average molecular weight is 449 g/mol. The highest BCUT2D eigenvalue weighted by Crippen LogP contribution is 2.71. The van der Waals surface area contributed by atoms with E-state index in [0.29, 0.717) is 18.4 Å². The molecular weight excluding hydrogens is 412 g/mol. The van der Waals surface area contributed by atoms with Crippen molar-refractivity contribution in [2.75, 3.05) is 20.2 Å². The van der Waals surface area contributed by atoms with Gasteiger partial charge in [-0.1, -0.05) is 25.5 Å². The van der Waals surface area contributed by atoms with Gasteiger partial charge in [-0.2, -0.15) is 0 Å². The van der Waals surface area contributed by atoms with Crippen LogP contribution in [0.5, 0.6) is 0 Å². The van der Waals surface area contributed by atoms with Gasteiger partial charge in [0.2, 0.25) is 5.79 Å². The lowest BCUT2D eigenvalue weighted by Crippen LogP contribution is -2.66. The van der Waals surface area contributed by atoms with E-state index in [9.17, 15) is 9.90 Å². The molecule has 0 aromatic carbocycles. The maximum Gasteiger partial charge on any atom is 0.302 e. The van der Waals surface area contributed by atoms with Crippen LogP contribution in [0.4, 0.5) is 0 Å². The first-order valence-electron chi connectivity index (χ1n) is 12.3. The van der Waals surface area contributed by atoms with Crippen molar-refractivity contribution < 1.29 is 33.6 Å². The Kier molecular flexibility index (Phi) is 4.72. The van der Waals surface area contributed by atoms with E-state index in [1.54, 1.807) is 0 Å². The molecular formula is C25H36O7. The van der Waals surface area contributed by atoms with Gasteiger partial charge in [0.25, 0.3) is 0 Å². The van der Waals surface area contributed by atoms with Crippen molar-refractivity contribution >= 4 is 5.97 Å². The van der Waals surface area contributed by atoms with E-state index in [2.05, 4.69) is 19.9 Å². The number of aliphatic hydroxyl groups excluding tert-OH is 1. The van der Waals surface area contributed by atoms with Gasteiger partial charge >= 0.3 is 5.97 Å². The molecule has 2 aliphatic heterocycles. The van der Waals surface area contributed by atoms with Crippen molar-refractivity contribution in [1.29, 1.82) is 0 Å². The van der Waals surface area contributed by atoms with E-state index in [1.165, 1.54) is 12.5 Å². The lowest BCUT2D eigenvalue weighted by Gasteiger charge is -2.61. The van der Waals surface area contributed by atoms with Crippen LogP contribution < -0.4 is 0 Å². The number of ether oxygens (including phenoxy) is 5. The molecule has 2 saturated heterocycles. The number of rotatable bonds is 1. The Labute approximate surface area is 189 Å². The fourth-order valence-electron chi connectivity index (χ4n) is 9.03. The molecule has 6 aliphatic rings. The van der Waals surface area contributed by atoms with Gasteiger partial charge in [-0.25, -0.2) is 0 Å². The number of esters is 1. The van der Waals surface area contributed by atoms with Gasteiger partial charge in [0.1, 0.15) is 18.3 Å². The second kappa shape index (κ2) is 7.01. The van der Waals surface area contributed by atoms with Gasteiger partial charge in [0.15, 0.2) is 13.6 Å². The lowest BCUT2D eigenvalue weighted by molar-refractivity contribution is -0.258. The van der Waals surface area contributed by atoms with Crippen LogP contribution in [-0.4, -0.2) is 54.9 Å². The third-order valence-electron chi connectivity index (χ3n) is 10.3. The molecule has 0 aromatic heterocycles. The molecule has 0 amide bonds. The molecule has 7 nitrogen and oxygen atoms in total. The van der Waals surface area contributed by atoms with Gasteiger partial charge in [0, 0.05) is 18.3 Å². The summed E-state index contributed by atoms with van der Waals surface area (Å²) in [4.78, 5) is 12.3. The smallest absolute Gasteiger partial charge is 0.302 e. The Morgan fingerprint density at radius 1 is 1.16 bits per heavy atom. The van der Waals surface area contributed by atoms with Gasteiger partial charge < -0.3 is 28.8 Å². The minimum absolute atomic E-state index is 0.0446. The van der Waals surface area contributed by atoms with E-state index < -0.39 is 11.4 Å². The Morgan fingerprint density at radius 3 is 2.72 bits per heavy atom. The van der Waals surface area contributed by atoms with E-state index in [0.717, 1.165) is 44.9 Å². The van der Waals surface area contributed by atoms with Gasteiger partial charge in [-0.3, -0.25) is 4.79 Å². The highest BCUT2D eigenvalue weighted by molar-refractivity contribution is 5.66. The first-order chi connectivity index (χ1) is 15.2. The normalized spacial score (nSPS) is 54.2. The third kappa shape index (κ3) is 2.58. The third-order valence-corrected chi connectivity index (χ3v) is 10.3. The fraction of sp³-hybridized carbons (Fsp3) is 0.880. The maximum atomic E-state index is 12.3. The van der Waals surface area contributed by atoms with Crippen molar-refractivity contribution in [2.24, 2.45) is 28.6 Å². The number of hydrogen-bond donors (Lipinski definition) is 1. The van der Waals surface area contributed by atoms with E-state index >= 15 is 0 Å². The molecule has 9 atom stereocenters. The summed E-state index contributed by atoms with van der Waals surface area (Å²) >= 11 is 0. The maximum absolute atomic E-state index is 12.3. The highest BCUT2D eigenvalue weighted by Gasteiger charge is 2.77. The molecule has 178 valence electrons. The Hall–Kier alpha value is -0.990. The predicted molar refractivity (Wildman–Crippen MR) is 113 cm³/mol. The monoisotopic (exact) mass is 448 g/mol. The van der Waals surface area contributed by atoms with Crippen LogP contribution in [0.15, 0.2) is 11.6 Å². The van der Waals surface area contributed by atoms with E-state index in [-0.39, 0.29) is 48.5 Å². The van der Waals surface area contributed by atoms with Crippen molar-refractivity contribution in [3.8, 4) is 0 Å². The van der Waals surface area contributed by atoms with Crippen LogP contribution in [0.25, 0.3) is 0 Å². The summed E-state index contributed by atoms with van der Waals surface area (Å²) in [5.74, 6) is -0.0320. The quantitative estimate of drug-likeness (QED) is 0.487. The van der Waals surface area contributed by atoms with Crippen LogP contribution in [0.1, 0.15) is 65.7 Å². The summed E-state index contributed by atoms with van der Waals surface area (Å²) in [6.45, 7) is 6.97. The molecule has 5 fully saturated rings. The van der Waals surface area contributed by atoms with Gasteiger partial charge in [-0.05, 0) is 62.2 Å². The standard InChI is InChI=1S/C25H36O7/c1-15(26)32-20-11-23(3)19(7-9-24(23)25(31-14-29-24)12-28-13-30-25)18-5-4-16-10-17(27)6-8-22(16,2)21(18)20/h4,17-21,27H,5-14H2,1-3H3/t17-,18-,19-,20-,21+,22-,23-,24+,25?/m0/s1. The molecule has 32 heavy (non-hydrogen) atoms. The zero-order chi connectivity index (χ0) is 22.4. The first kappa shape index (κ1) is 21.5. The zero-order valence-corrected chi connectivity index (χ0v) is 19.4. The summed E-state index contributed by atoms with van der Waals surface area (Å²) in [6.07, 6.45) is 8.02. The zero-order valence-electron chi connectivity index (χ0n) is 19.4. The second-order valence-electron chi connectivity index (χ2n) is 11.5. The Bertz CT molecular complexity index is 829. The number of aliphatic hydroxyl groups is 1. The number of carbonyl (C=O) groups excluding carboxylic acids is 1. The second-order valence-corrected chi connectivity index (χ2v) is 11.5. The minimum atomic E-state index is -0.876. The number of carbonyl (C=O) groups is 1. The summed E-state index contributed by atoms with van der Waals surface area (Å²) in [5, 5.41) is 10.3. The van der Waals surface area contributed by atoms with Crippen LogP contribution in [-0.2, 0) is 28.5 Å². The van der Waals surface area contributed by atoms with E-state index in [1.807, 2.05) is 0 Å². The molecule has 1 unspecified atom stereocenters. The van der Waals surface area contributed by atoms with E-state index in [4.69, 9.17) is 23.7 Å². The summed E-state index contributed by atoms with van der Waals surface area (Å²) in [7, 11) is 0. The summed E-state index contributed by atoms with van der Waals surface area (Å²) in [6, 6.07) is 0. The fourth-order valence-corrected chi connectivity index (χ4v) is 9.03. The van der Waals surface area contributed by atoms with Crippen LogP contribution in [0.3, 0.4) is 0 Å². The largest absolute Gasteiger partial charge is 0.462 e. The molecule has 0 bridgehead atoms. The predicted octanol–water partition coefficient (Wildman–Crippen LogP) is 3.30. The van der Waals surface area contributed by atoms with Gasteiger partial charge in [-0.15, -0.1) is 0 Å². The molecule has 7 heteroatoms. The van der Waals surface area contributed by atoms with Crippen LogP contribution in [0.2, 0.25) is 0 Å². The molecule has 0 radical (unpaired) electrons. The SMILES string of the molecule is CC(=O)O[C@H]1C[C@@]2(C)[C@@H](CC[C@@]23OCOC32COCO2)[C@@H]2CC=C3C[C@@H](O)CC[C@]3(C)[C@H]21. The number of allylic oxidation sites excluding steroid dienone is 1. The molecule has 0 aromatic rings. The number of hydrogen-bond acceptors (Lipinski definition) is 7. The highest BCUT2D eigenvalue weighted by atomic mass is 16.9. The Balaban J connectivity index is 1.44. The number of fused-ring (bicyclic) bond motifs is 7. The Morgan fingerprint density at radius 2 is 1.97 bits per heavy atom. The summed E-state index contributed by atoms with van der Waals surface area (Å²) < 4.78 is 30.5. The average Bonchev–Trinajstić information content (AvgIpc) is 3.43. The molecule has 1 N–H and O–H groups in total. The molecule has 2 spiro atoms. The molecule has 6 rings (SSSR count). The van der Waals surface area contributed by atoms with Crippen LogP contribution >= 0.6 is 0 Å². The van der Waals surface area contributed by atoms with Crippen molar-refractivity contribution in [1.82, 2.24) is 0 Å². The van der Waals surface area contributed by atoms with Crippen molar-refractivity contribution in [2.45, 2.75) is 89.3 Å². The first-order valence-corrected chi connectivity index (χ1v) is 12.3. The summed E-state index contributed by atoms with van der Waals surface area (Å²) in [5.41, 5.74) is 0.458. The van der Waals surface area contributed by atoms with Crippen molar-refractivity contribution in [3.63, 3.8) is 0 Å². The minimum Gasteiger partial charge on any atom is -0.462 e. The molecule has 3 saturated carbocycles. The van der Waals surface area contributed by atoms with Gasteiger partial charge in [0.05, 0.1) is 6.10 Å². The lowest BCUT2D eigenvalue weighted by atomic mass is 9.45. The molecule has 4 aliphatic carbocycles.